The van der Waals surface area contributed by atoms with E-state index >= 15 is 0 Å². The van der Waals surface area contributed by atoms with Crippen molar-refractivity contribution in [1.29, 1.82) is 5.26 Å². The molecule has 0 saturated heterocycles. The zero-order valence-corrected chi connectivity index (χ0v) is 21.6. The largest absolute Gasteiger partial charge is 0.493 e. The van der Waals surface area contributed by atoms with Gasteiger partial charge >= 0.3 is 0 Å². The fourth-order valence-electron chi connectivity index (χ4n) is 4.11. The monoisotopic (exact) mass is 494 g/mol. The van der Waals surface area contributed by atoms with Crippen LogP contribution in [0.5, 0.6) is 5.75 Å². The second-order valence-corrected chi connectivity index (χ2v) is 9.37. The summed E-state index contributed by atoms with van der Waals surface area (Å²) >= 11 is 0. The van der Waals surface area contributed by atoms with Crippen molar-refractivity contribution in [3.63, 3.8) is 0 Å². The number of nitriles is 1. The minimum absolute atomic E-state index is 0.0112. The van der Waals surface area contributed by atoms with Gasteiger partial charge in [-0.25, -0.2) is 4.68 Å². The normalized spacial score (nSPS) is 15.0. The highest BCUT2D eigenvalue weighted by molar-refractivity contribution is 6.19. The molecule has 0 N–H and O–H groups in total. The first-order valence-electron chi connectivity index (χ1n) is 12.4. The quantitative estimate of drug-likeness (QED) is 0.301. The van der Waals surface area contributed by atoms with Crippen LogP contribution in [0.1, 0.15) is 39.7 Å². The molecule has 2 aromatic carbocycles. The maximum atomic E-state index is 13.3. The van der Waals surface area contributed by atoms with Gasteiger partial charge in [0.1, 0.15) is 17.4 Å². The summed E-state index contributed by atoms with van der Waals surface area (Å²) in [7, 11) is 0. The lowest BCUT2D eigenvalue weighted by Gasteiger charge is -2.27. The van der Waals surface area contributed by atoms with E-state index in [4.69, 9.17) is 9.84 Å². The summed E-state index contributed by atoms with van der Waals surface area (Å²) in [6.07, 6.45) is 4.19. The number of nitrogens with zero attached hydrogens (tertiary/aromatic N) is 4. The van der Waals surface area contributed by atoms with Crippen LogP contribution in [0.25, 0.3) is 23.0 Å². The van der Waals surface area contributed by atoms with Gasteiger partial charge in [0.25, 0.3) is 11.8 Å². The van der Waals surface area contributed by atoms with Gasteiger partial charge in [-0.3, -0.25) is 14.5 Å². The molecule has 2 amide bonds. The Morgan fingerprint density at radius 3 is 2.38 bits per heavy atom. The zero-order chi connectivity index (χ0) is 26.5. The Morgan fingerprint density at radius 2 is 1.76 bits per heavy atom. The van der Waals surface area contributed by atoms with Crippen molar-refractivity contribution in [2.45, 2.75) is 34.1 Å². The van der Waals surface area contributed by atoms with E-state index in [2.05, 4.69) is 13.8 Å². The molecule has 0 fully saturated rings. The van der Waals surface area contributed by atoms with Crippen LogP contribution >= 0.6 is 0 Å². The number of carbonyl (C=O) groups excluding carboxylic acids is 2. The van der Waals surface area contributed by atoms with E-state index in [0.717, 1.165) is 21.9 Å². The number of hydrogen-bond donors (Lipinski definition) is 0. The molecule has 0 aliphatic carbocycles. The minimum Gasteiger partial charge on any atom is -0.493 e. The van der Waals surface area contributed by atoms with Crippen LogP contribution in [0, 0.1) is 17.2 Å². The topological polar surface area (TPSA) is 88.2 Å². The predicted molar refractivity (Wildman–Crippen MR) is 143 cm³/mol. The van der Waals surface area contributed by atoms with Gasteiger partial charge in [0.15, 0.2) is 0 Å². The number of rotatable bonds is 8. The van der Waals surface area contributed by atoms with Gasteiger partial charge < -0.3 is 4.74 Å². The summed E-state index contributed by atoms with van der Waals surface area (Å²) in [5.74, 6) is 0.245. The molecule has 0 radical (unpaired) electrons. The van der Waals surface area contributed by atoms with Crippen molar-refractivity contribution in [2.24, 2.45) is 5.92 Å². The van der Waals surface area contributed by atoms with E-state index in [0.29, 0.717) is 41.3 Å². The van der Waals surface area contributed by atoms with Gasteiger partial charge in [-0.05, 0) is 67.3 Å². The molecule has 0 atom stereocenters. The first kappa shape index (κ1) is 25.6. The third-order valence-corrected chi connectivity index (χ3v) is 6.05. The van der Waals surface area contributed by atoms with E-state index in [1.807, 2.05) is 73.8 Å². The van der Waals surface area contributed by atoms with E-state index in [1.54, 1.807) is 17.7 Å². The van der Waals surface area contributed by atoms with Crippen LogP contribution in [0.4, 0.5) is 0 Å². The molecule has 1 aliphatic rings. The average molecular weight is 495 g/mol. The Labute approximate surface area is 217 Å². The van der Waals surface area contributed by atoms with Gasteiger partial charge in [0.05, 0.1) is 18.0 Å². The molecule has 4 rings (SSSR count). The summed E-state index contributed by atoms with van der Waals surface area (Å²) in [4.78, 5) is 27.2. The third-order valence-electron chi connectivity index (χ3n) is 6.05. The molecule has 0 spiro atoms. The van der Waals surface area contributed by atoms with E-state index in [1.165, 1.54) is 0 Å². The van der Waals surface area contributed by atoms with Crippen molar-refractivity contribution < 1.29 is 14.3 Å². The fourth-order valence-corrected chi connectivity index (χ4v) is 4.11. The summed E-state index contributed by atoms with van der Waals surface area (Å²) in [5.41, 5.74) is 3.77. The number of imide groups is 1. The predicted octanol–water partition coefficient (Wildman–Crippen LogP) is 5.58. The molecule has 0 bridgehead atoms. The molecule has 0 unspecified atom stereocenters. The van der Waals surface area contributed by atoms with Gasteiger partial charge in [-0.1, -0.05) is 39.0 Å². The molecule has 0 saturated carbocycles. The lowest BCUT2D eigenvalue weighted by molar-refractivity contribution is -0.140. The second kappa shape index (κ2) is 11.1. The molecule has 7 nitrogen and oxygen atoms in total. The maximum Gasteiger partial charge on any atom is 0.271 e. The molecular formula is C30H30N4O3. The molecule has 37 heavy (non-hydrogen) atoms. The molecule has 1 aliphatic heterocycles. The van der Waals surface area contributed by atoms with Gasteiger partial charge in [-0.15, -0.1) is 0 Å². The van der Waals surface area contributed by atoms with E-state index < -0.39 is 11.8 Å². The fraction of sp³-hybridized carbons (Fsp3) is 0.267. The summed E-state index contributed by atoms with van der Waals surface area (Å²) in [6, 6.07) is 19.4. The van der Waals surface area contributed by atoms with Gasteiger partial charge in [0.2, 0.25) is 0 Å². The summed E-state index contributed by atoms with van der Waals surface area (Å²) in [5, 5.41) is 14.5. The molecule has 188 valence electrons. The highest BCUT2D eigenvalue weighted by atomic mass is 16.5. The molecule has 7 heteroatoms. The van der Waals surface area contributed by atoms with Crippen LogP contribution in [-0.4, -0.2) is 39.6 Å². The number of aromatic nitrogens is 2. The number of carbonyl (C=O) groups is 2. The Hall–Kier alpha value is -4.44. The van der Waals surface area contributed by atoms with Crippen molar-refractivity contribution in [3.8, 4) is 28.8 Å². The van der Waals surface area contributed by atoms with Crippen LogP contribution in [0.2, 0.25) is 0 Å². The highest BCUT2D eigenvalue weighted by Gasteiger charge is 2.35. The first-order chi connectivity index (χ1) is 17.8. The van der Waals surface area contributed by atoms with Crippen LogP contribution < -0.4 is 4.74 Å². The van der Waals surface area contributed by atoms with Crippen LogP contribution in [0.15, 0.2) is 77.5 Å². The Balaban J connectivity index is 1.83. The maximum absolute atomic E-state index is 13.3. The molecule has 1 aromatic heterocycles. The summed E-state index contributed by atoms with van der Waals surface area (Å²) < 4.78 is 7.59. The Bertz CT molecular complexity index is 1410. The molecule has 3 aromatic rings. The third kappa shape index (κ3) is 5.39. The lowest BCUT2D eigenvalue weighted by Crippen LogP contribution is -2.43. The van der Waals surface area contributed by atoms with Crippen molar-refractivity contribution >= 4 is 17.9 Å². The van der Waals surface area contributed by atoms with E-state index in [9.17, 15) is 14.9 Å². The average Bonchev–Trinajstić information content (AvgIpc) is 3.33. The standard InChI is InChI=1S/C30H30N4O3/c1-5-15-33-29(35)26(21(4)27(17-31)30(33)36)16-23-18-34(24-9-7-6-8-10-24)32-28(23)22-11-13-25(14-12-22)37-19-20(2)3/h6-14,16,18,20H,5,15,19H2,1-4H3/b26-16+. The Kier molecular flexibility index (Phi) is 7.69. The van der Waals surface area contributed by atoms with Crippen molar-refractivity contribution in [2.75, 3.05) is 13.2 Å². The minimum atomic E-state index is -0.541. The Morgan fingerprint density at radius 1 is 1.05 bits per heavy atom. The first-order valence-corrected chi connectivity index (χ1v) is 12.4. The number of ether oxygens (including phenoxy) is 1. The smallest absolute Gasteiger partial charge is 0.271 e. The summed E-state index contributed by atoms with van der Waals surface area (Å²) in [6.45, 7) is 8.60. The second-order valence-electron chi connectivity index (χ2n) is 9.37. The van der Waals surface area contributed by atoms with E-state index in [-0.39, 0.29) is 12.1 Å². The number of amides is 2. The number of para-hydroxylation sites is 1. The van der Waals surface area contributed by atoms with Crippen LogP contribution in [0.3, 0.4) is 0 Å². The molecular weight excluding hydrogens is 464 g/mol. The van der Waals surface area contributed by atoms with Gasteiger partial charge in [-0.2, -0.15) is 10.4 Å². The zero-order valence-electron chi connectivity index (χ0n) is 21.6. The molecule has 2 heterocycles. The van der Waals surface area contributed by atoms with Gasteiger partial charge in [0, 0.05) is 29.4 Å². The highest BCUT2D eigenvalue weighted by Crippen LogP contribution is 2.32. The SMILES string of the molecule is CCCN1C(=O)C(C#N)=C(C)/C(=C\c2cn(-c3ccccc3)nc2-c2ccc(OCC(C)C)cc2)C1=O. The number of hydrogen-bond acceptors (Lipinski definition) is 5. The lowest BCUT2D eigenvalue weighted by atomic mass is 9.93. The van der Waals surface area contributed by atoms with Crippen LogP contribution in [-0.2, 0) is 9.59 Å². The van der Waals surface area contributed by atoms with Crippen molar-refractivity contribution in [3.05, 3.63) is 83.1 Å². The van der Waals surface area contributed by atoms with Crippen molar-refractivity contribution in [1.82, 2.24) is 14.7 Å². The number of benzene rings is 2.